The lowest BCUT2D eigenvalue weighted by atomic mass is 10.0. The minimum Gasteiger partial charge on any atom is -0.466 e. The van der Waals surface area contributed by atoms with Crippen LogP contribution in [-0.4, -0.2) is 35.9 Å². The lowest BCUT2D eigenvalue weighted by Crippen LogP contribution is -2.17. The zero-order valence-electron chi connectivity index (χ0n) is 15.2. The third-order valence-corrected chi connectivity index (χ3v) is 4.92. The van der Waals surface area contributed by atoms with Gasteiger partial charge in [0, 0.05) is 10.8 Å². The Morgan fingerprint density at radius 1 is 0.833 bits per heavy atom. The van der Waals surface area contributed by atoms with Gasteiger partial charge in [0.15, 0.2) is 0 Å². The van der Waals surface area contributed by atoms with E-state index in [4.69, 9.17) is 32.7 Å². The highest BCUT2D eigenvalue weighted by atomic mass is 35.5. The lowest BCUT2D eigenvalue weighted by molar-refractivity contribution is -0.146. The predicted molar refractivity (Wildman–Crippen MR) is 98.6 cm³/mol. The molecule has 0 rings (SSSR count). The number of hydrogen-bond acceptors (Lipinski definition) is 4. The Balaban J connectivity index is 3.75. The second-order valence-electron chi connectivity index (χ2n) is 6.09. The van der Waals surface area contributed by atoms with Crippen LogP contribution in [0.2, 0.25) is 0 Å². The molecule has 0 radical (unpaired) electrons. The van der Waals surface area contributed by atoms with E-state index in [-0.39, 0.29) is 35.5 Å². The summed E-state index contributed by atoms with van der Waals surface area (Å²) < 4.78 is 10.5. The summed E-state index contributed by atoms with van der Waals surface area (Å²) in [5.74, 6) is -0.118. The molecule has 0 bridgehead atoms. The molecule has 0 fully saturated rings. The molecule has 3 atom stereocenters. The Bertz CT molecular complexity index is 350. The largest absolute Gasteiger partial charge is 0.466 e. The van der Waals surface area contributed by atoms with Gasteiger partial charge in [-0.05, 0) is 38.0 Å². The summed E-state index contributed by atoms with van der Waals surface area (Å²) in [6.45, 7) is 6.83. The summed E-state index contributed by atoms with van der Waals surface area (Å²) in [5, 5.41) is -0.287. The standard InChI is InChI=1S/C18H32Cl2O4/c1-4-14(13-24-18(22)12-16(20)6-3)9-7-8-10-23-17(21)11-15(19)5-2/h14-16H,4-13H2,1-3H3. The molecule has 0 aliphatic heterocycles. The van der Waals surface area contributed by atoms with Crippen LogP contribution in [0.1, 0.15) is 72.1 Å². The highest BCUT2D eigenvalue weighted by molar-refractivity contribution is 6.21. The van der Waals surface area contributed by atoms with Crippen molar-refractivity contribution in [3.63, 3.8) is 0 Å². The van der Waals surface area contributed by atoms with Gasteiger partial charge in [0.25, 0.3) is 0 Å². The number of ether oxygens (including phenoxy) is 2. The van der Waals surface area contributed by atoms with Crippen molar-refractivity contribution in [3.8, 4) is 0 Å². The van der Waals surface area contributed by atoms with Crippen molar-refractivity contribution in [3.05, 3.63) is 0 Å². The van der Waals surface area contributed by atoms with Crippen molar-refractivity contribution < 1.29 is 19.1 Å². The third kappa shape index (κ3) is 12.9. The fourth-order valence-electron chi connectivity index (χ4n) is 2.11. The van der Waals surface area contributed by atoms with E-state index >= 15 is 0 Å². The van der Waals surface area contributed by atoms with Gasteiger partial charge in [-0.15, -0.1) is 23.2 Å². The van der Waals surface area contributed by atoms with Crippen molar-refractivity contribution in [2.45, 2.75) is 82.9 Å². The van der Waals surface area contributed by atoms with Crippen LogP contribution in [0.5, 0.6) is 0 Å². The molecule has 0 aromatic carbocycles. The lowest BCUT2D eigenvalue weighted by Gasteiger charge is -2.15. The van der Waals surface area contributed by atoms with Gasteiger partial charge in [0.05, 0.1) is 26.1 Å². The van der Waals surface area contributed by atoms with Gasteiger partial charge in [0.2, 0.25) is 0 Å². The van der Waals surface area contributed by atoms with Crippen LogP contribution in [0.3, 0.4) is 0 Å². The van der Waals surface area contributed by atoms with E-state index in [1.54, 1.807) is 0 Å². The molecule has 0 saturated carbocycles. The summed E-state index contributed by atoms with van der Waals surface area (Å²) in [7, 11) is 0. The number of alkyl halides is 2. The molecule has 0 spiro atoms. The first kappa shape index (κ1) is 23.5. The van der Waals surface area contributed by atoms with Crippen molar-refractivity contribution >= 4 is 35.1 Å². The van der Waals surface area contributed by atoms with E-state index in [1.165, 1.54) is 0 Å². The molecular formula is C18H32Cl2O4. The van der Waals surface area contributed by atoms with E-state index in [9.17, 15) is 9.59 Å². The number of unbranched alkanes of at least 4 members (excludes halogenated alkanes) is 1. The fraction of sp³-hybridized carbons (Fsp3) is 0.889. The molecule has 4 nitrogen and oxygen atoms in total. The van der Waals surface area contributed by atoms with Crippen molar-refractivity contribution in [2.75, 3.05) is 13.2 Å². The summed E-state index contributed by atoms with van der Waals surface area (Å²) in [4.78, 5) is 23.1. The van der Waals surface area contributed by atoms with Gasteiger partial charge >= 0.3 is 11.9 Å². The Labute approximate surface area is 156 Å². The van der Waals surface area contributed by atoms with E-state index < -0.39 is 0 Å². The highest BCUT2D eigenvalue weighted by Crippen LogP contribution is 2.15. The second kappa shape index (κ2) is 14.8. The number of rotatable bonds is 14. The normalized spacial score (nSPS) is 14.7. The maximum atomic E-state index is 11.6. The van der Waals surface area contributed by atoms with Crippen LogP contribution >= 0.6 is 23.2 Å². The fourth-order valence-corrected chi connectivity index (χ4v) is 2.36. The van der Waals surface area contributed by atoms with Gasteiger partial charge in [-0.1, -0.05) is 27.2 Å². The zero-order valence-corrected chi connectivity index (χ0v) is 16.7. The SMILES string of the molecule is CCC(Cl)CC(=O)OCCCCC(CC)COC(=O)CC(Cl)CC. The summed E-state index contributed by atoms with van der Waals surface area (Å²) in [5.41, 5.74) is 0. The van der Waals surface area contributed by atoms with Crippen LogP contribution in [-0.2, 0) is 19.1 Å². The van der Waals surface area contributed by atoms with Gasteiger partial charge in [0.1, 0.15) is 0 Å². The first-order valence-corrected chi connectivity index (χ1v) is 9.89. The Morgan fingerprint density at radius 2 is 1.38 bits per heavy atom. The number of halogens is 2. The smallest absolute Gasteiger partial charge is 0.307 e. The molecule has 0 heterocycles. The summed E-state index contributed by atoms with van der Waals surface area (Å²) in [6, 6.07) is 0. The molecule has 0 aromatic heterocycles. The quantitative estimate of drug-likeness (QED) is 0.238. The Kier molecular flexibility index (Phi) is 14.5. The zero-order chi connectivity index (χ0) is 18.4. The minimum absolute atomic E-state index is 0.142. The van der Waals surface area contributed by atoms with E-state index in [2.05, 4.69) is 6.92 Å². The molecule has 0 amide bonds. The Morgan fingerprint density at radius 3 is 1.88 bits per heavy atom. The van der Waals surface area contributed by atoms with Crippen molar-refractivity contribution in [2.24, 2.45) is 5.92 Å². The van der Waals surface area contributed by atoms with Crippen LogP contribution in [0.15, 0.2) is 0 Å². The van der Waals surface area contributed by atoms with Gasteiger partial charge in [-0.3, -0.25) is 9.59 Å². The molecule has 0 N–H and O–H groups in total. The topological polar surface area (TPSA) is 52.6 Å². The molecule has 0 aromatic rings. The van der Waals surface area contributed by atoms with Crippen LogP contribution in [0.4, 0.5) is 0 Å². The average Bonchev–Trinajstić information content (AvgIpc) is 2.56. The highest BCUT2D eigenvalue weighted by Gasteiger charge is 2.14. The molecule has 3 unspecified atom stereocenters. The van der Waals surface area contributed by atoms with Crippen molar-refractivity contribution in [1.82, 2.24) is 0 Å². The molecular weight excluding hydrogens is 351 g/mol. The molecule has 142 valence electrons. The van der Waals surface area contributed by atoms with E-state index in [1.807, 2.05) is 13.8 Å². The molecule has 6 heteroatoms. The number of hydrogen-bond donors (Lipinski definition) is 0. The maximum absolute atomic E-state index is 11.6. The van der Waals surface area contributed by atoms with Crippen LogP contribution in [0.25, 0.3) is 0 Å². The van der Waals surface area contributed by atoms with Gasteiger partial charge in [-0.25, -0.2) is 0 Å². The average molecular weight is 383 g/mol. The Hall–Kier alpha value is -0.480. The third-order valence-electron chi connectivity index (χ3n) is 3.99. The molecule has 0 saturated heterocycles. The van der Waals surface area contributed by atoms with Crippen molar-refractivity contribution in [1.29, 1.82) is 0 Å². The predicted octanol–water partition coefficient (Wildman–Crippen LogP) is 5.08. The number of esters is 2. The van der Waals surface area contributed by atoms with E-state index in [0.29, 0.717) is 19.1 Å². The molecule has 0 aliphatic rings. The molecule has 24 heavy (non-hydrogen) atoms. The first-order valence-electron chi connectivity index (χ1n) is 9.02. The minimum atomic E-state index is -0.232. The second-order valence-corrected chi connectivity index (χ2v) is 7.33. The van der Waals surface area contributed by atoms with Gasteiger partial charge < -0.3 is 9.47 Å². The summed E-state index contributed by atoms with van der Waals surface area (Å²) >= 11 is 11.9. The van der Waals surface area contributed by atoms with Crippen LogP contribution in [0, 0.1) is 5.92 Å². The summed E-state index contributed by atoms with van der Waals surface area (Å²) in [6.07, 6.45) is 5.71. The maximum Gasteiger partial charge on any atom is 0.307 e. The first-order chi connectivity index (χ1) is 11.4. The van der Waals surface area contributed by atoms with Gasteiger partial charge in [-0.2, -0.15) is 0 Å². The molecule has 0 aliphatic carbocycles. The number of carbonyl (C=O) groups is 2. The van der Waals surface area contributed by atoms with E-state index in [0.717, 1.165) is 38.5 Å². The van der Waals surface area contributed by atoms with Crippen LogP contribution < -0.4 is 0 Å². The number of carbonyl (C=O) groups excluding carboxylic acids is 2. The monoisotopic (exact) mass is 382 g/mol.